The van der Waals surface area contributed by atoms with Gasteiger partial charge in [-0.2, -0.15) is 0 Å². The lowest BCUT2D eigenvalue weighted by atomic mass is 10.3. The highest BCUT2D eigenvalue weighted by molar-refractivity contribution is 5.76. The van der Waals surface area contributed by atoms with Gasteiger partial charge in [0.1, 0.15) is 12.4 Å². The van der Waals surface area contributed by atoms with Crippen molar-refractivity contribution in [1.29, 1.82) is 0 Å². The molecule has 0 atom stereocenters. The molecule has 0 bridgehead atoms. The Balaban J connectivity index is 1.60. The lowest BCUT2D eigenvalue weighted by Gasteiger charge is -2.07. The fourth-order valence-electron chi connectivity index (χ4n) is 1.62. The van der Waals surface area contributed by atoms with Crippen molar-refractivity contribution in [3.8, 4) is 5.75 Å². The number of ether oxygens (including phenoxy) is 1. The number of nitrogens with one attached hydrogen (secondary N) is 1. The van der Waals surface area contributed by atoms with E-state index in [0.717, 1.165) is 5.75 Å². The van der Waals surface area contributed by atoms with Gasteiger partial charge in [-0.3, -0.25) is 4.79 Å². The summed E-state index contributed by atoms with van der Waals surface area (Å²) >= 11 is 0. The number of carbonyl (C=O) groups is 1. The number of benzene rings is 1. The van der Waals surface area contributed by atoms with Crippen molar-refractivity contribution in [2.45, 2.75) is 19.3 Å². The van der Waals surface area contributed by atoms with E-state index in [9.17, 15) is 4.79 Å². The van der Waals surface area contributed by atoms with Crippen LogP contribution < -0.4 is 15.8 Å². The predicted molar refractivity (Wildman–Crippen MR) is 66.7 cm³/mol. The Hall–Kier alpha value is -1.71. The van der Waals surface area contributed by atoms with Crippen molar-refractivity contribution < 1.29 is 9.53 Å². The molecule has 1 aliphatic carbocycles. The van der Waals surface area contributed by atoms with E-state index in [-0.39, 0.29) is 5.91 Å². The Kier molecular flexibility index (Phi) is 3.85. The molecule has 0 aromatic heterocycles. The molecule has 0 saturated heterocycles. The first-order valence-electron chi connectivity index (χ1n) is 5.99. The van der Waals surface area contributed by atoms with Crippen molar-refractivity contribution in [2.24, 2.45) is 5.92 Å². The van der Waals surface area contributed by atoms with Gasteiger partial charge in [-0.1, -0.05) is 6.07 Å². The summed E-state index contributed by atoms with van der Waals surface area (Å²) in [4.78, 5) is 11.4. The van der Waals surface area contributed by atoms with Crippen molar-refractivity contribution in [1.82, 2.24) is 5.32 Å². The van der Waals surface area contributed by atoms with Gasteiger partial charge in [0.15, 0.2) is 0 Å². The average molecular weight is 234 g/mol. The molecule has 0 heterocycles. The number of hydrogen-bond donors (Lipinski definition) is 2. The normalized spacial score (nSPS) is 14.4. The molecule has 0 aliphatic heterocycles. The van der Waals surface area contributed by atoms with Gasteiger partial charge in [-0.05, 0) is 30.9 Å². The topological polar surface area (TPSA) is 64.3 Å². The standard InChI is InChI=1S/C13H18N2O2/c14-11-2-1-3-12(9-11)17-7-6-15-13(16)8-10-4-5-10/h1-3,9-10H,4-8,14H2,(H,15,16). The third kappa shape index (κ3) is 4.34. The zero-order valence-corrected chi connectivity index (χ0v) is 9.82. The highest BCUT2D eigenvalue weighted by Gasteiger charge is 2.23. The van der Waals surface area contributed by atoms with Crippen LogP contribution in [0.1, 0.15) is 19.3 Å². The van der Waals surface area contributed by atoms with Gasteiger partial charge in [0.05, 0.1) is 6.54 Å². The molecule has 0 spiro atoms. The number of rotatable bonds is 6. The Bertz CT molecular complexity index is 389. The van der Waals surface area contributed by atoms with Gasteiger partial charge < -0.3 is 15.8 Å². The molecule has 1 aromatic carbocycles. The van der Waals surface area contributed by atoms with Gasteiger partial charge in [0.2, 0.25) is 5.91 Å². The second-order valence-electron chi connectivity index (χ2n) is 4.42. The Morgan fingerprint density at radius 3 is 3.00 bits per heavy atom. The highest BCUT2D eigenvalue weighted by Crippen LogP contribution is 2.31. The van der Waals surface area contributed by atoms with E-state index in [1.807, 2.05) is 18.2 Å². The molecule has 1 fully saturated rings. The summed E-state index contributed by atoms with van der Waals surface area (Å²) < 4.78 is 5.46. The van der Waals surface area contributed by atoms with Crippen molar-refractivity contribution in [3.63, 3.8) is 0 Å². The van der Waals surface area contributed by atoms with Crippen LogP contribution in [0.2, 0.25) is 0 Å². The monoisotopic (exact) mass is 234 g/mol. The molecular formula is C13H18N2O2. The van der Waals surface area contributed by atoms with Gasteiger partial charge in [-0.25, -0.2) is 0 Å². The molecule has 4 heteroatoms. The summed E-state index contributed by atoms with van der Waals surface area (Å²) in [6, 6.07) is 7.27. The molecule has 1 aliphatic rings. The maximum atomic E-state index is 11.4. The molecule has 0 radical (unpaired) electrons. The zero-order valence-electron chi connectivity index (χ0n) is 9.82. The Morgan fingerprint density at radius 2 is 2.29 bits per heavy atom. The molecule has 4 nitrogen and oxygen atoms in total. The van der Waals surface area contributed by atoms with Crippen molar-refractivity contribution in [2.75, 3.05) is 18.9 Å². The largest absolute Gasteiger partial charge is 0.492 e. The van der Waals surface area contributed by atoms with Gasteiger partial charge >= 0.3 is 0 Å². The first-order chi connectivity index (χ1) is 8.24. The molecule has 17 heavy (non-hydrogen) atoms. The minimum atomic E-state index is 0.128. The van der Waals surface area contributed by atoms with Gasteiger partial charge in [0.25, 0.3) is 0 Å². The summed E-state index contributed by atoms with van der Waals surface area (Å²) in [5, 5.41) is 2.84. The fraction of sp³-hybridized carbons (Fsp3) is 0.462. The lowest BCUT2D eigenvalue weighted by Crippen LogP contribution is -2.28. The minimum Gasteiger partial charge on any atom is -0.492 e. The lowest BCUT2D eigenvalue weighted by molar-refractivity contribution is -0.121. The van der Waals surface area contributed by atoms with Crippen LogP contribution in [0.5, 0.6) is 5.75 Å². The van der Waals surface area contributed by atoms with E-state index < -0.39 is 0 Å². The summed E-state index contributed by atoms with van der Waals surface area (Å²) in [7, 11) is 0. The smallest absolute Gasteiger partial charge is 0.220 e. The summed E-state index contributed by atoms with van der Waals surface area (Å²) in [6.45, 7) is 1.01. The van der Waals surface area contributed by atoms with E-state index in [0.29, 0.717) is 31.2 Å². The molecule has 1 saturated carbocycles. The second-order valence-corrected chi connectivity index (χ2v) is 4.42. The maximum absolute atomic E-state index is 11.4. The van der Waals surface area contributed by atoms with E-state index in [2.05, 4.69) is 5.32 Å². The molecule has 1 amide bonds. The van der Waals surface area contributed by atoms with Crippen LogP contribution in [0.3, 0.4) is 0 Å². The first-order valence-corrected chi connectivity index (χ1v) is 5.99. The second kappa shape index (κ2) is 5.57. The van der Waals surface area contributed by atoms with Crippen LogP contribution in [0.4, 0.5) is 5.69 Å². The molecular weight excluding hydrogens is 216 g/mol. The fourth-order valence-corrected chi connectivity index (χ4v) is 1.62. The molecule has 0 unspecified atom stereocenters. The summed E-state index contributed by atoms with van der Waals surface area (Å²) in [5.41, 5.74) is 6.30. The van der Waals surface area contributed by atoms with Crippen LogP contribution in [0, 0.1) is 5.92 Å². The van der Waals surface area contributed by atoms with Crippen LogP contribution in [-0.4, -0.2) is 19.1 Å². The van der Waals surface area contributed by atoms with Gasteiger partial charge in [-0.15, -0.1) is 0 Å². The van der Waals surface area contributed by atoms with Crippen LogP contribution in [0.15, 0.2) is 24.3 Å². The number of nitrogens with two attached hydrogens (primary N) is 1. The Labute approximate surface area is 101 Å². The maximum Gasteiger partial charge on any atom is 0.220 e. The molecule has 3 N–H and O–H groups in total. The third-order valence-electron chi connectivity index (χ3n) is 2.72. The number of anilines is 1. The summed E-state index contributed by atoms with van der Waals surface area (Å²) in [6.07, 6.45) is 3.07. The number of hydrogen-bond acceptors (Lipinski definition) is 3. The van der Waals surface area contributed by atoms with E-state index >= 15 is 0 Å². The number of carbonyl (C=O) groups excluding carboxylic acids is 1. The van der Waals surface area contributed by atoms with E-state index in [1.165, 1.54) is 12.8 Å². The van der Waals surface area contributed by atoms with Crippen LogP contribution >= 0.6 is 0 Å². The quantitative estimate of drug-likeness (QED) is 0.580. The van der Waals surface area contributed by atoms with E-state index in [1.54, 1.807) is 6.07 Å². The SMILES string of the molecule is Nc1cccc(OCCNC(=O)CC2CC2)c1. The molecule has 2 rings (SSSR count). The van der Waals surface area contributed by atoms with Gasteiger partial charge in [0, 0.05) is 18.2 Å². The number of nitrogen functional groups attached to an aromatic ring is 1. The van der Waals surface area contributed by atoms with Crippen LogP contribution in [0.25, 0.3) is 0 Å². The Morgan fingerprint density at radius 1 is 1.47 bits per heavy atom. The summed E-state index contributed by atoms with van der Waals surface area (Å²) in [5.74, 6) is 1.50. The molecule has 1 aromatic rings. The minimum absolute atomic E-state index is 0.128. The van der Waals surface area contributed by atoms with Crippen molar-refractivity contribution >= 4 is 11.6 Å². The van der Waals surface area contributed by atoms with E-state index in [4.69, 9.17) is 10.5 Å². The highest BCUT2D eigenvalue weighted by atomic mass is 16.5. The average Bonchev–Trinajstić information content (AvgIpc) is 3.08. The van der Waals surface area contributed by atoms with Crippen molar-refractivity contribution in [3.05, 3.63) is 24.3 Å². The van der Waals surface area contributed by atoms with Crippen LogP contribution in [-0.2, 0) is 4.79 Å². The third-order valence-corrected chi connectivity index (χ3v) is 2.72. The predicted octanol–water partition coefficient (Wildman–Crippen LogP) is 1.56. The first kappa shape index (κ1) is 11.8. The zero-order chi connectivity index (χ0) is 12.1. The molecule has 92 valence electrons. The number of amides is 1.